The Balaban J connectivity index is 2.21. The highest BCUT2D eigenvalue weighted by Gasteiger charge is 2.11. The van der Waals surface area contributed by atoms with Gasteiger partial charge in [-0.2, -0.15) is 0 Å². The number of Topliss-reactive ketones (excluding diaryl/α,β-unsaturated/α-hetero) is 1. The van der Waals surface area contributed by atoms with Crippen LogP contribution in [0.5, 0.6) is 0 Å². The minimum absolute atomic E-state index is 0.00617. The van der Waals surface area contributed by atoms with Crippen LogP contribution in [0.1, 0.15) is 15.2 Å². The molecule has 0 spiro atoms. The van der Waals surface area contributed by atoms with Gasteiger partial charge in [0.05, 0.1) is 10.4 Å². The second kappa shape index (κ2) is 4.95. The zero-order valence-electron chi connectivity index (χ0n) is 8.11. The van der Waals surface area contributed by atoms with Gasteiger partial charge in [0.1, 0.15) is 0 Å². The van der Waals surface area contributed by atoms with Crippen molar-refractivity contribution in [3.63, 3.8) is 0 Å². The molecule has 0 aliphatic carbocycles. The monoisotopic (exact) mass is 271 g/mol. The molecule has 0 atom stereocenters. The molecule has 0 saturated heterocycles. The van der Waals surface area contributed by atoms with Crippen molar-refractivity contribution in [2.45, 2.75) is 6.42 Å². The van der Waals surface area contributed by atoms with E-state index >= 15 is 0 Å². The number of hydrogen-bond acceptors (Lipinski definition) is 3. The summed E-state index contributed by atoms with van der Waals surface area (Å²) in [5.41, 5.74) is 2.37. The van der Waals surface area contributed by atoms with Crippen LogP contribution in [-0.4, -0.2) is 10.8 Å². The summed E-state index contributed by atoms with van der Waals surface area (Å²) in [6.45, 7) is 0. The second-order valence-corrected chi connectivity index (χ2v) is 4.93. The molecule has 1 heterocycles. The van der Waals surface area contributed by atoms with Crippen LogP contribution in [0.4, 0.5) is 0 Å². The average molecular weight is 272 g/mol. The van der Waals surface area contributed by atoms with Crippen molar-refractivity contribution in [1.82, 2.24) is 4.98 Å². The number of thiazole rings is 1. The lowest BCUT2D eigenvalue weighted by molar-refractivity contribution is 0.0996. The maximum Gasteiger partial charge on any atom is 0.178 e. The molecule has 0 N–H and O–H groups in total. The fourth-order valence-electron chi connectivity index (χ4n) is 1.29. The van der Waals surface area contributed by atoms with E-state index in [0.29, 0.717) is 14.9 Å². The minimum atomic E-state index is 0.00617. The minimum Gasteiger partial charge on any atom is -0.293 e. The summed E-state index contributed by atoms with van der Waals surface area (Å²) < 4.78 is 0. The molecule has 0 saturated carbocycles. The van der Waals surface area contributed by atoms with Crippen LogP contribution < -0.4 is 0 Å². The fourth-order valence-corrected chi connectivity index (χ4v) is 2.23. The molecule has 1 aromatic carbocycles. The molecule has 2 rings (SSSR count). The van der Waals surface area contributed by atoms with Crippen LogP contribution in [-0.2, 0) is 6.42 Å². The quantitative estimate of drug-likeness (QED) is 0.794. The molecule has 5 heteroatoms. The van der Waals surface area contributed by atoms with E-state index in [4.69, 9.17) is 23.2 Å². The van der Waals surface area contributed by atoms with Crippen LogP contribution in [0.25, 0.3) is 0 Å². The smallest absolute Gasteiger partial charge is 0.178 e. The van der Waals surface area contributed by atoms with Crippen LogP contribution in [0, 0.1) is 0 Å². The van der Waals surface area contributed by atoms with Crippen LogP contribution in [0.3, 0.4) is 0 Å². The van der Waals surface area contributed by atoms with Crippen molar-refractivity contribution < 1.29 is 4.79 Å². The van der Waals surface area contributed by atoms with Gasteiger partial charge < -0.3 is 0 Å². The Morgan fingerprint density at radius 2 is 2.19 bits per heavy atom. The van der Waals surface area contributed by atoms with Crippen LogP contribution >= 0.6 is 34.5 Å². The number of rotatable bonds is 3. The van der Waals surface area contributed by atoms with Gasteiger partial charge in [0, 0.05) is 22.7 Å². The molecule has 16 heavy (non-hydrogen) atoms. The Morgan fingerprint density at radius 1 is 1.38 bits per heavy atom. The topological polar surface area (TPSA) is 30.0 Å². The molecule has 0 radical (unpaired) electrons. The summed E-state index contributed by atoms with van der Waals surface area (Å²) in [5.74, 6) is 0.00617. The number of hydrogen-bond donors (Lipinski definition) is 0. The van der Waals surface area contributed by atoms with Crippen molar-refractivity contribution >= 4 is 40.3 Å². The summed E-state index contributed by atoms with van der Waals surface area (Å²) in [4.78, 5) is 16.3. The van der Waals surface area contributed by atoms with E-state index in [2.05, 4.69) is 4.98 Å². The molecule has 1 aromatic heterocycles. The van der Waals surface area contributed by atoms with Crippen molar-refractivity contribution in [3.8, 4) is 0 Å². The van der Waals surface area contributed by atoms with Gasteiger partial charge in [-0.15, -0.1) is 11.3 Å². The molecule has 0 amide bonds. The van der Waals surface area contributed by atoms with Gasteiger partial charge in [0.25, 0.3) is 0 Å². The lowest BCUT2D eigenvalue weighted by atomic mass is 10.1. The van der Waals surface area contributed by atoms with Gasteiger partial charge in [0.15, 0.2) is 5.78 Å². The Hall–Kier alpha value is -0.900. The van der Waals surface area contributed by atoms with Crippen molar-refractivity contribution in [2.24, 2.45) is 0 Å². The molecule has 0 unspecified atom stereocenters. The third-order valence-electron chi connectivity index (χ3n) is 2.07. The standard InChI is InChI=1S/C11H7Cl2NOS/c12-8-1-2-9(13)7(3-8)4-10(15)11-5-14-6-16-11/h1-3,5-6H,4H2. The van der Waals surface area contributed by atoms with E-state index in [0.717, 1.165) is 5.56 Å². The number of halogens is 2. The Labute approximate surface area is 107 Å². The van der Waals surface area contributed by atoms with E-state index < -0.39 is 0 Å². The number of carbonyl (C=O) groups excluding carboxylic acids is 1. The lowest BCUT2D eigenvalue weighted by Gasteiger charge is -2.02. The molecule has 0 aliphatic rings. The first-order valence-electron chi connectivity index (χ1n) is 4.52. The first kappa shape index (κ1) is 11.6. The van der Waals surface area contributed by atoms with Crippen LogP contribution in [0.15, 0.2) is 29.9 Å². The molecule has 2 aromatic rings. The Bertz CT molecular complexity index is 511. The van der Waals surface area contributed by atoms with Crippen molar-refractivity contribution in [1.29, 1.82) is 0 Å². The molecule has 0 bridgehead atoms. The lowest BCUT2D eigenvalue weighted by Crippen LogP contribution is -2.01. The van der Waals surface area contributed by atoms with E-state index in [-0.39, 0.29) is 12.2 Å². The predicted octanol–water partition coefficient (Wildman–Crippen LogP) is 3.88. The fraction of sp³-hybridized carbons (Fsp3) is 0.0909. The molecule has 82 valence electrons. The summed E-state index contributed by atoms with van der Waals surface area (Å²) in [7, 11) is 0. The van der Waals surface area contributed by atoms with Crippen molar-refractivity contribution in [3.05, 3.63) is 50.4 Å². The second-order valence-electron chi connectivity index (χ2n) is 3.20. The molecular formula is C11H7Cl2NOS. The van der Waals surface area contributed by atoms with Crippen LogP contribution in [0.2, 0.25) is 10.0 Å². The largest absolute Gasteiger partial charge is 0.293 e. The zero-order valence-corrected chi connectivity index (χ0v) is 10.4. The number of ketones is 1. The first-order chi connectivity index (χ1) is 7.66. The molecular weight excluding hydrogens is 265 g/mol. The van der Waals surface area contributed by atoms with Gasteiger partial charge in [0.2, 0.25) is 0 Å². The molecule has 0 aliphatic heterocycles. The van der Waals surface area contributed by atoms with Gasteiger partial charge >= 0.3 is 0 Å². The van der Waals surface area contributed by atoms with E-state index in [1.807, 2.05) is 0 Å². The highest BCUT2D eigenvalue weighted by molar-refractivity contribution is 7.11. The highest BCUT2D eigenvalue weighted by Crippen LogP contribution is 2.22. The number of benzene rings is 1. The SMILES string of the molecule is O=C(Cc1cc(Cl)ccc1Cl)c1cncs1. The average Bonchev–Trinajstić information content (AvgIpc) is 2.76. The van der Waals surface area contributed by atoms with E-state index in [1.54, 1.807) is 29.9 Å². The molecule has 0 fully saturated rings. The third-order valence-corrected chi connectivity index (χ3v) is 3.48. The third kappa shape index (κ3) is 2.61. The highest BCUT2D eigenvalue weighted by atomic mass is 35.5. The number of carbonyl (C=O) groups is 1. The summed E-state index contributed by atoms with van der Waals surface area (Å²) in [6.07, 6.45) is 1.81. The first-order valence-corrected chi connectivity index (χ1v) is 6.16. The summed E-state index contributed by atoms with van der Waals surface area (Å²) in [5, 5.41) is 1.14. The van der Waals surface area contributed by atoms with Gasteiger partial charge in [-0.1, -0.05) is 23.2 Å². The predicted molar refractivity (Wildman–Crippen MR) is 66.6 cm³/mol. The van der Waals surface area contributed by atoms with Gasteiger partial charge in [-0.3, -0.25) is 9.78 Å². The van der Waals surface area contributed by atoms with Gasteiger partial charge in [-0.05, 0) is 23.8 Å². The Kier molecular flexibility index (Phi) is 3.59. The Morgan fingerprint density at radius 3 is 2.88 bits per heavy atom. The summed E-state index contributed by atoms with van der Waals surface area (Å²) >= 11 is 13.1. The van der Waals surface area contributed by atoms with E-state index in [1.165, 1.54) is 11.3 Å². The van der Waals surface area contributed by atoms with E-state index in [9.17, 15) is 4.79 Å². The maximum atomic E-state index is 11.8. The summed E-state index contributed by atoms with van der Waals surface area (Å²) in [6, 6.07) is 5.10. The van der Waals surface area contributed by atoms with Gasteiger partial charge in [-0.25, -0.2) is 0 Å². The maximum absolute atomic E-state index is 11.8. The zero-order chi connectivity index (χ0) is 11.5. The molecule has 2 nitrogen and oxygen atoms in total. The normalized spacial score (nSPS) is 10.4. The number of aromatic nitrogens is 1. The van der Waals surface area contributed by atoms with Crippen molar-refractivity contribution in [2.75, 3.05) is 0 Å². The number of nitrogens with zero attached hydrogens (tertiary/aromatic N) is 1.